The molecule has 0 amide bonds. The van der Waals surface area contributed by atoms with Gasteiger partial charge in [0.2, 0.25) is 0 Å². The Hall–Kier alpha value is -0.820. The van der Waals surface area contributed by atoms with Gasteiger partial charge in [-0.05, 0) is 74.0 Å². The van der Waals surface area contributed by atoms with Crippen LogP contribution in [0.15, 0.2) is 24.3 Å². The average molecular weight is 281 g/mol. The van der Waals surface area contributed by atoms with E-state index in [2.05, 4.69) is 29.2 Å². The lowest BCUT2D eigenvalue weighted by Gasteiger charge is -2.57. The normalized spacial score (nSPS) is 38.7. The van der Waals surface area contributed by atoms with Crippen LogP contribution in [0.1, 0.15) is 62.5 Å². The molecule has 0 aromatic heterocycles. The predicted octanol–water partition coefficient (Wildman–Crippen LogP) is 4.50. The first kappa shape index (κ1) is 12.7. The number of likely N-dealkylation sites (tertiary alicyclic amines) is 1. The highest BCUT2D eigenvalue weighted by molar-refractivity contribution is 5.41. The standard InChI is InChI=1S/C20H27N/c1-2-6-18-17(5-1)9-12-19-10-3-4-11-20(18,19)21(14-13-19)15-16-7-8-16/h1-2,5-6,16H,3-4,7-15H2. The molecule has 0 radical (unpaired) electrons. The highest BCUT2D eigenvalue weighted by Gasteiger charge is 2.62. The van der Waals surface area contributed by atoms with E-state index in [-0.39, 0.29) is 0 Å². The zero-order valence-corrected chi connectivity index (χ0v) is 13.1. The molecule has 112 valence electrons. The van der Waals surface area contributed by atoms with Crippen LogP contribution in [-0.2, 0) is 12.0 Å². The number of nitrogens with zero attached hydrogens (tertiary/aromatic N) is 1. The molecule has 1 aromatic carbocycles. The molecule has 0 N–H and O–H groups in total. The Morgan fingerprint density at radius 1 is 1.00 bits per heavy atom. The molecule has 1 aliphatic heterocycles. The van der Waals surface area contributed by atoms with E-state index in [1.807, 2.05) is 0 Å². The number of aryl methyl sites for hydroxylation is 1. The van der Waals surface area contributed by atoms with Crippen molar-refractivity contribution in [2.24, 2.45) is 11.3 Å². The van der Waals surface area contributed by atoms with Crippen molar-refractivity contribution in [2.45, 2.75) is 63.3 Å². The molecule has 0 bridgehead atoms. The first-order chi connectivity index (χ1) is 10.3. The summed E-state index contributed by atoms with van der Waals surface area (Å²) in [6.07, 6.45) is 13.1. The van der Waals surface area contributed by atoms with Crippen molar-refractivity contribution in [3.05, 3.63) is 35.4 Å². The molecule has 4 aliphatic rings. The van der Waals surface area contributed by atoms with Crippen LogP contribution in [0.4, 0.5) is 0 Å². The SMILES string of the molecule is c1ccc2c(c1)CCC13CCCCC21N(CC1CC1)CC3. The van der Waals surface area contributed by atoms with Crippen molar-refractivity contribution in [1.29, 1.82) is 0 Å². The van der Waals surface area contributed by atoms with Crippen molar-refractivity contribution in [3.63, 3.8) is 0 Å². The predicted molar refractivity (Wildman–Crippen MR) is 86.3 cm³/mol. The third kappa shape index (κ3) is 1.62. The summed E-state index contributed by atoms with van der Waals surface area (Å²) in [6.45, 7) is 2.75. The number of rotatable bonds is 2. The molecule has 1 heteroatoms. The van der Waals surface area contributed by atoms with Gasteiger partial charge < -0.3 is 0 Å². The van der Waals surface area contributed by atoms with Gasteiger partial charge in [-0.1, -0.05) is 37.1 Å². The van der Waals surface area contributed by atoms with Crippen LogP contribution in [-0.4, -0.2) is 18.0 Å². The monoisotopic (exact) mass is 281 g/mol. The van der Waals surface area contributed by atoms with Crippen LogP contribution >= 0.6 is 0 Å². The van der Waals surface area contributed by atoms with Gasteiger partial charge in [0.05, 0.1) is 5.54 Å². The third-order valence-electron chi connectivity index (χ3n) is 7.23. The van der Waals surface area contributed by atoms with Gasteiger partial charge in [0.1, 0.15) is 0 Å². The lowest BCUT2D eigenvalue weighted by Crippen LogP contribution is -2.55. The minimum Gasteiger partial charge on any atom is -0.293 e. The van der Waals surface area contributed by atoms with Gasteiger partial charge in [0, 0.05) is 6.54 Å². The van der Waals surface area contributed by atoms with Crippen LogP contribution in [0.2, 0.25) is 0 Å². The van der Waals surface area contributed by atoms with Crippen molar-refractivity contribution < 1.29 is 0 Å². The second-order valence-corrected chi connectivity index (χ2v) is 8.14. The fourth-order valence-electron chi connectivity index (χ4n) is 6.10. The summed E-state index contributed by atoms with van der Waals surface area (Å²) in [7, 11) is 0. The van der Waals surface area contributed by atoms with Crippen LogP contribution in [0.25, 0.3) is 0 Å². The molecule has 5 rings (SSSR count). The maximum atomic E-state index is 2.96. The van der Waals surface area contributed by atoms with E-state index < -0.39 is 0 Å². The number of hydrogen-bond donors (Lipinski definition) is 0. The quantitative estimate of drug-likeness (QED) is 0.771. The molecule has 0 spiro atoms. The molecular formula is C20H27N. The topological polar surface area (TPSA) is 3.24 Å². The summed E-state index contributed by atoms with van der Waals surface area (Å²) >= 11 is 0. The number of benzene rings is 1. The van der Waals surface area contributed by atoms with Gasteiger partial charge in [-0.3, -0.25) is 4.90 Å². The minimum atomic E-state index is 0.419. The van der Waals surface area contributed by atoms with Gasteiger partial charge in [0.15, 0.2) is 0 Å². The Bertz CT molecular complexity index is 561. The molecule has 21 heavy (non-hydrogen) atoms. The zero-order chi connectivity index (χ0) is 13.9. The molecule has 1 heterocycles. The summed E-state index contributed by atoms with van der Waals surface area (Å²) in [6, 6.07) is 9.45. The number of fused-ring (bicyclic) bond motifs is 1. The smallest absolute Gasteiger partial charge is 0.0520 e. The maximum Gasteiger partial charge on any atom is 0.0520 e. The van der Waals surface area contributed by atoms with Gasteiger partial charge in [0.25, 0.3) is 0 Å². The van der Waals surface area contributed by atoms with Gasteiger partial charge >= 0.3 is 0 Å². The van der Waals surface area contributed by atoms with Crippen LogP contribution in [0, 0.1) is 11.3 Å². The average Bonchev–Trinajstić information content (AvgIpc) is 3.29. The molecule has 3 aliphatic carbocycles. The summed E-state index contributed by atoms with van der Waals surface area (Å²) in [4.78, 5) is 2.96. The van der Waals surface area contributed by atoms with Gasteiger partial charge in [-0.25, -0.2) is 0 Å². The summed E-state index contributed by atoms with van der Waals surface area (Å²) in [5, 5.41) is 0. The summed E-state index contributed by atoms with van der Waals surface area (Å²) in [5.74, 6) is 1.02. The minimum absolute atomic E-state index is 0.419. The maximum absolute atomic E-state index is 2.96. The zero-order valence-electron chi connectivity index (χ0n) is 13.1. The van der Waals surface area contributed by atoms with E-state index >= 15 is 0 Å². The summed E-state index contributed by atoms with van der Waals surface area (Å²) in [5.41, 5.74) is 4.43. The second-order valence-electron chi connectivity index (χ2n) is 8.14. The third-order valence-corrected chi connectivity index (χ3v) is 7.23. The van der Waals surface area contributed by atoms with Crippen molar-refractivity contribution in [1.82, 2.24) is 4.90 Å². The largest absolute Gasteiger partial charge is 0.293 e. The van der Waals surface area contributed by atoms with E-state index in [1.54, 1.807) is 11.1 Å². The summed E-state index contributed by atoms with van der Waals surface area (Å²) < 4.78 is 0. The van der Waals surface area contributed by atoms with E-state index in [0.717, 1.165) is 5.92 Å². The molecule has 3 fully saturated rings. The fraction of sp³-hybridized carbons (Fsp3) is 0.700. The van der Waals surface area contributed by atoms with E-state index in [1.165, 1.54) is 70.9 Å². The molecule has 1 saturated heterocycles. The van der Waals surface area contributed by atoms with Crippen LogP contribution in [0.3, 0.4) is 0 Å². The molecule has 2 unspecified atom stereocenters. The Morgan fingerprint density at radius 3 is 2.76 bits per heavy atom. The van der Waals surface area contributed by atoms with E-state index in [0.29, 0.717) is 11.0 Å². The highest BCUT2D eigenvalue weighted by Crippen LogP contribution is 2.65. The van der Waals surface area contributed by atoms with E-state index in [9.17, 15) is 0 Å². The van der Waals surface area contributed by atoms with E-state index in [4.69, 9.17) is 0 Å². The van der Waals surface area contributed by atoms with Crippen molar-refractivity contribution >= 4 is 0 Å². The number of hydrogen-bond acceptors (Lipinski definition) is 1. The van der Waals surface area contributed by atoms with Crippen molar-refractivity contribution in [3.8, 4) is 0 Å². The fourth-order valence-corrected chi connectivity index (χ4v) is 6.10. The lowest BCUT2D eigenvalue weighted by molar-refractivity contribution is -0.0278. The van der Waals surface area contributed by atoms with Gasteiger partial charge in [-0.15, -0.1) is 0 Å². The first-order valence-corrected chi connectivity index (χ1v) is 9.18. The molecule has 2 atom stereocenters. The van der Waals surface area contributed by atoms with Crippen molar-refractivity contribution in [2.75, 3.05) is 13.1 Å². The molecular weight excluding hydrogens is 254 g/mol. The Labute approximate surface area is 128 Å². The first-order valence-electron chi connectivity index (χ1n) is 9.18. The van der Waals surface area contributed by atoms with Gasteiger partial charge in [-0.2, -0.15) is 0 Å². The molecule has 1 aromatic rings. The Balaban J connectivity index is 1.67. The van der Waals surface area contributed by atoms with Crippen LogP contribution < -0.4 is 0 Å². The Kier molecular flexibility index (Phi) is 2.63. The highest BCUT2D eigenvalue weighted by atomic mass is 15.3. The Morgan fingerprint density at radius 2 is 1.86 bits per heavy atom. The lowest BCUT2D eigenvalue weighted by atomic mass is 9.53. The molecule has 2 saturated carbocycles. The van der Waals surface area contributed by atoms with Crippen LogP contribution in [0.5, 0.6) is 0 Å². The molecule has 1 nitrogen and oxygen atoms in total. The second kappa shape index (κ2) is 4.35.